The predicted molar refractivity (Wildman–Crippen MR) is 105 cm³/mol. The van der Waals surface area contributed by atoms with Crippen LogP contribution in [0.4, 0.5) is 0 Å². The molecule has 0 saturated heterocycles. The summed E-state index contributed by atoms with van der Waals surface area (Å²) in [5, 5.41) is 0. The highest BCUT2D eigenvalue weighted by molar-refractivity contribution is 9.10. The van der Waals surface area contributed by atoms with E-state index in [1.807, 2.05) is 0 Å². The van der Waals surface area contributed by atoms with Gasteiger partial charge in [0.1, 0.15) is 0 Å². The lowest BCUT2D eigenvalue weighted by Crippen LogP contribution is -2.40. The Kier molecular flexibility index (Phi) is 4.79. The van der Waals surface area contributed by atoms with E-state index in [-0.39, 0.29) is 6.04 Å². The summed E-state index contributed by atoms with van der Waals surface area (Å²) in [7, 11) is 0. The summed E-state index contributed by atoms with van der Waals surface area (Å²) in [6, 6.07) is 17.7. The number of rotatable bonds is 2. The van der Waals surface area contributed by atoms with E-state index >= 15 is 0 Å². The van der Waals surface area contributed by atoms with Crippen molar-refractivity contribution in [1.82, 2.24) is 4.90 Å². The third-order valence-electron chi connectivity index (χ3n) is 5.73. The molecule has 3 heteroatoms. The summed E-state index contributed by atoms with van der Waals surface area (Å²) in [6.07, 6.45) is 4.20. The molecule has 25 heavy (non-hydrogen) atoms. The molecular formula is C22H24BrNO. The van der Waals surface area contributed by atoms with Crippen molar-refractivity contribution < 1.29 is 4.79 Å². The van der Waals surface area contributed by atoms with Gasteiger partial charge in [-0.1, -0.05) is 59.3 Å². The zero-order valence-electron chi connectivity index (χ0n) is 14.6. The maximum atomic E-state index is 12.7. The number of ketones is 1. The number of carbonyl (C=O) groups excluding carboxylic acids is 1. The zero-order valence-corrected chi connectivity index (χ0v) is 16.2. The van der Waals surface area contributed by atoms with Crippen molar-refractivity contribution in [2.24, 2.45) is 5.92 Å². The fraction of sp³-hybridized carbons (Fsp3) is 0.409. The van der Waals surface area contributed by atoms with Crippen molar-refractivity contribution in [1.29, 1.82) is 0 Å². The van der Waals surface area contributed by atoms with E-state index in [9.17, 15) is 4.79 Å². The lowest BCUT2D eigenvalue weighted by atomic mass is 9.92. The zero-order chi connectivity index (χ0) is 17.4. The average molecular weight is 398 g/mol. The summed E-state index contributed by atoms with van der Waals surface area (Å²) in [5.74, 6) is 1.09. The lowest BCUT2D eigenvalue weighted by molar-refractivity contribution is -0.120. The van der Waals surface area contributed by atoms with Gasteiger partial charge < -0.3 is 0 Å². The maximum Gasteiger partial charge on any atom is 0.151 e. The molecule has 1 heterocycles. The predicted octanol–water partition coefficient (Wildman–Crippen LogP) is 5.15. The van der Waals surface area contributed by atoms with E-state index in [1.54, 1.807) is 0 Å². The number of benzene rings is 2. The molecule has 0 N–H and O–H groups in total. The van der Waals surface area contributed by atoms with Gasteiger partial charge >= 0.3 is 0 Å². The molecule has 0 aromatic heterocycles. The number of hydrogen-bond donors (Lipinski definition) is 0. The summed E-state index contributed by atoms with van der Waals surface area (Å²) in [5.41, 5.74) is 3.75. The third-order valence-corrected chi connectivity index (χ3v) is 6.23. The minimum Gasteiger partial charge on any atom is -0.298 e. The molecule has 130 valence electrons. The normalized spacial score (nSPS) is 27.1. The first-order valence-corrected chi connectivity index (χ1v) is 10.0. The van der Waals surface area contributed by atoms with Crippen LogP contribution in [-0.4, -0.2) is 23.3 Å². The monoisotopic (exact) mass is 397 g/mol. The van der Waals surface area contributed by atoms with Crippen LogP contribution in [0.15, 0.2) is 53.0 Å². The fourth-order valence-corrected chi connectivity index (χ4v) is 4.93. The Morgan fingerprint density at radius 1 is 1.08 bits per heavy atom. The topological polar surface area (TPSA) is 20.3 Å². The Morgan fingerprint density at radius 2 is 1.88 bits per heavy atom. The molecule has 2 nitrogen and oxygen atoms in total. The highest BCUT2D eigenvalue weighted by Crippen LogP contribution is 2.40. The van der Waals surface area contributed by atoms with Crippen LogP contribution in [0.25, 0.3) is 0 Å². The second-order valence-corrected chi connectivity index (χ2v) is 8.53. The Morgan fingerprint density at radius 3 is 2.60 bits per heavy atom. The summed E-state index contributed by atoms with van der Waals surface area (Å²) in [4.78, 5) is 15.2. The van der Waals surface area contributed by atoms with Gasteiger partial charge in [0.05, 0.1) is 12.6 Å². The number of nitrogens with zero attached hydrogens (tertiary/aromatic N) is 1. The van der Waals surface area contributed by atoms with Crippen molar-refractivity contribution >= 4 is 21.7 Å². The highest BCUT2D eigenvalue weighted by Gasteiger charge is 2.37. The molecule has 0 spiro atoms. The molecule has 1 fully saturated rings. The van der Waals surface area contributed by atoms with Gasteiger partial charge in [-0.05, 0) is 54.0 Å². The van der Waals surface area contributed by atoms with Crippen molar-refractivity contribution in [2.45, 2.75) is 44.7 Å². The molecule has 2 aliphatic rings. The standard InChI is InChI=1S/C22H24BrNO/c1-15-7-10-19(11-15)24-14-20(25)12-17-8-9-18(23)13-21(17)22(24)16-5-3-2-4-6-16/h2-6,8-9,13,15,19,22H,7,10-12,14H2,1H3. The Hall–Kier alpha value is -1.45. The number of carbonyl (C=O) groups is 1. The molecule has 0 amide bonds. The van der Waals surface area contributed by atoms with E-state index in [1.165, 1.54) is 36.0 Å². The van der Waals surface area contributed by atoms with Crippen LogP contribution in [0, 0.1) is 5.92 Å². The first kappa shape index (κ1) is 17.0. The minimum absolute atomic E-state index is 0.162. The van der Waals surface area contributed by atoms with E-state index in [0.717, 1.165) is 10.4 Å². The van der Waals surface area contributed by atoms with E-state index in [4.69, 9.17) is 0 Å². The summed E-state index contributed by atoms with van der Waals surface area (Å²) >= 11 is 3.64. The van der Waals surface area contributed by atoms with Crippen LogP contribution in [0.5, 0.6) is 0 Å². The fourth-order valence-electron chi connectivity index (χ4n) is 4.55. The highest BCUT2D eigenvalue weighted by atomic mass is 79.9. The second-order valence-electron chi connectivity index (χ2n) is 7.62. The van der Waals surface area contributed by atoms with Gasteiger partial charge in [0, 0.05) is 16.9 Å². The molecule has 0 radical (unpaired) electrons. The van der Waals surface area contributed by atoms with Crippen LogP contribution in [-0.2, 0) is 11.2 Å². The lowest BCUT2D eigenvalue weighted by Gasteiger charge is -2.36. The van der Waals surface area contributed by atoms with Crippen molar-refractivity contribution in [2.75, 3.05) is 6.54 Å². The summed E-state index contributed by atoms with van der Waals surface area (Å²) in [6.45, 7) is 2.89. The molecular weight excluding hydrogens is 374 g/mol. The molecule has 4 rings (SSSR count). The van der Waals surface area contributed by atoms with Gasteiger partial charge in [-0.15, -0.1) is 0 Å². The molecule has 1 saturated carbocycles. The van der Waals surface area contributed by atoms with E-state index < -0.39 is 0 Å². The van der Waals surface area contributed by atoms with Crippen LogP contribution in [0.3, 0.4) is 0 Å². The Labute approximate surface area is 158 Å². The molecule has 2 aromatic carbocycles. The van der Waals surface area contributed by atoms with Gasteiger partial charge in [-0.2, -0.15) is 0 Å². The van der Waals surface area contributed by atoms with Crippen LogP contribution in [0.2, 0.25) is 0 Å². The smallest absolute Gasteiger partial charge is 0.151 e. The third kappa shape index (κ3) is 3.45. The molecule has 2 aromatic rings. The Bertz CT molecular complexity index is 773. The average Bonchev–Trinajstić information content (AvgIpc) is 2.97. The quantitative estimate of drug-likeness (QED) is 0.697. The van der Waals surface area contributed by atoms with Gasteiger partial charge in [-0.25, -0.2) is 0 Å². The van der Waals surface area contributed by atoms with Crippen molar-refractivity contribution in [3.8, 4) is 0 Å². The molecule has 3 unspecified atom stereocenters. The molecule has 0 bridgehead atoms. The van der Waals surface area contributed by atoms with Gasteiger partial charge in [0.15, 0.2) is 5.78 Å². The SMILES string of the molecule is CC1CCC(N2CC(=O)Cc3ccc(Br)cc3C2c2ccccc2)C1. The number of Topliss-reactive ketones (excluding diaryl/α,β-unsaturated/α-hetero) is 1. The van der Waals surface area contributed by atoms with Crippen LogP contribution < -0.4 is 0 Å². The van der Waals surface area contributed by atoms with Crippen molar-refractivity contribution in [3.63, 3.8) is 0 Å². The molecule has 1 aliphatic carbocycles. The van der Waals surface area contributed by atoms with Crippen LogP contribution >= 0.6 is 15.9 Å². The van der Waals surface area contributed by atoms with Gasteiger partial charge in [0.2, 0.25) is 0 Å². The van der Waals surface area contributed by atoms with Gasteiger partial charge in [0.25, 0.3) is 0 Å². The minimum atomic E-state index is 0.162. The largest absolute Gasteiger partial charge is 0.298 e. The second kappa shape index (κ2) is 7.05. The van der Waals surface area contributed by atoms with Gasteiger partial charge in [-0.3, -0.25) is 9.69 Å². The Balaban J connectivity index is 1.85. The number of fused-ring (bicyclic) bond motifs is 1. The van der Waals surface area contributed by atoms with E-state index in [2.05, 4.69) is 76.3 Å². The first-order valence-electron chi connectivity index (χ1n) is 9.22. The first-order chi connectivity index (χ1) is 12.1. The maximum absolute atomic E-state index is 12.7. The van der Waals surface area contributed by atoms with Crippen LogP contribution in [0.1, 0.15) is 48.9 Å². The summed E-state index contributed by atoms with van der Waals surface area (Å²) < 4.78 is 1.08. The number of halogens is 1. The van der Waals surface area contributed by atoms with Crippen molar-refractivity contribution in [3.05, 3.63) is 69.7 Å². The molecule has 1 aliphatic heterocycles. The van der Waals surface area contributed by atoms with E-state index in [0.29, 0.717) is 24.8 Å². The number of hydrogen-bond acceptors (Lipinski definition) is 2. The molecule has 3 atom stereocenters.